The van der Waals surface area contributed by atoms with E-state index < -0.39 is 23.7 Å². The molecule has 0 aliphatic carbocycles. The molecule has 0 saturated heterocycles. The summed E-state index contributed by atoms with van der Waals surface area (Å²) in [6.07, 6.45) is -5.42. The number of carbonyl (C=O) groups is 1. The lowest BCUT2D eigenvalue weighted by molar-refractivity contribution is -0.146. The number of para-hydroxylation sites is 1. The van der Waals surface area contributed by atoms with Crippen molar-refractivity contribution in [2.45, 2.75) is 39.1 Å². The Morgan fingerprint density at radius 2 is 1.79 bits per heavy atom. The summed E-state index contributed by atoms with van der Waals surface area (Å²) >= 11 is 0. The number of hydrogen-bond donors (Lipinski definition) is 1. The van der Waals surface area contributed by atoms with Crippen LogP contribution in [0.3, 0.4) is 0 Å². The topological polar surface area (TPSA) is 69.0 Å². The summed E-state index contributed by atoms with van der Waals surface area (Å²) in [4.78, 5) is 11.7. The standard InChI is InChI=1S/C15H17F3N4O2/c1-14(2,3)24-13(23)19-9-11-20-21-12(15(16,17)18)22(11)10-7-5-4-6-8-10/h4-8H,9H2,1-3H3,(H,19,23). The van der Waals surface area contributed by atoms with E-state index in [2.05, 4.69) is 15.5 Å². The SMILES string of the molecule is CC(C)(C)OC(=O)NCc1nnc(C(F)(F)F)n1-c1ccccc1. The summed E-state index contributed by atoms with van der Waals surface area (Å²) in [7, 11) is 0. The van der Waals surface area contributed by atoms with Gasteiger partial charge in [-0.05, 0) is 32.9 Å². The molecule has 0 saturated carbocycles. The molecule has 2 aromatic rings. The molecule has 2 rings (SSSR count). The number of benzene rings is 1. The summed E-state index contributed by atoms with van der Waals surface area (Å²) < 4.78 is 45.3. The maximum absolute atomic E-state index is 13.1. The molecule has 0 radical (unpaired) electrons. The van der Waals surface area contributed by atoms with Crippen LogP contribution in [0.15, 0.2) is 30.3 Å². The van der Waals surface area contributed by atoms with Crippen LogP contribution >= 0.6 is 0 Å². The van der Waals surface area contributed by atoms with Gasteiger partial charge in [0.1, 0.15) is 5.60 Å². The molecule has 6 nitrogen and oxygen atoms in total. The zero-order valence-electron chi connectivity index (χ0n) is 13.4. The fourth-order valence-electron chi connectivity index (χ4n) is 1.93. The van der Waals surface area contributed by atoms with Crippen molar-refractivity contribution in [2.24, 2.45) is 0 Å². The first-order valence-corrected chi connectivity index (χ1v) is 7.12. The van der Waals surface area contributed by atoms with Crippen molar-refractivity contribution in [3.63, 3.8) is 0 Å². The number of nitrogens with zero attached hydrogens (tertiary/aromatic N) is 3. The van der Waals surface area contributed by atoms with Crippen LogP contribution in [0.2, 0.25) is 0 Å². The minimum atomic E-state index is -4.67. The fourth-order valence-corrected chi connectivity index (χ4v) is 1.93. The minimum absolute atomic E-state index is 0.0561. The molecule has 1 aromatic carbocycles. The van der Waals surface area contributed by atoms with Crippen LogP contribution in [0.1, 0.15) is 32.4 Å². The van der Waals surface area contributed by atoms with Gasteiger partial charge in [0, 0.05) is 5.69 Å². The molecule has 0 atom stereocenters. The first kappa shape index (κ1) is 17.8. The maximum Gasteiger partial charge on any atom is 0.452 e. The Morgan fingerprint density at radius 1 is 1.17 bits per heavy atom. The molecule has 1 aromatic heterocycles. The van der Waals surface area contributed by atoms with Crippen LogP contribution < -0.4 is 5.32 Å². The quantitative estimate of drug-likeness (QED) is 0.929. The Labute approximate surface area is 136 Å². The second kappa shape index (κ2) is 6.50. The van der Waals surface area contributed by atoms with Crippen LogP contribution in [0.5, 0.6) is 0 Å². The van der Waals surface area contributed by atoms with Gasteiger partial charge in [-0.1, -0.05) is 18.2 Å². The normalized spacial score (nSPS) is 12.1. The van der Waals surface area contributed by atoms with E-state index in [4.69, 9.17) is 4.74 Å². The summed E-state index contributed by atoms with van der Waals surface area (Å²) in [6, 6.07) is 7.87. The first-order valence-electron chi connectivity index (χ1n) is 7.12. The maximum atomic E-state index is 13.1. The highest BCUT2D eigenvalue weighted by molar-refractivity contribution is 5.67. The van der Waals surface area contributed by atoms with E-state index in [0.717, 1.165) is 4.57 Å². The molecule has 0 bridgehead atoms. The van der Waals surface area contributed by atoms with Crippen LogP contribution in [-0.4, -0.2) is 26.5 Å². The molecule has 0 aliphatic rings. The number of halogens is 3. The van der Waals surface area contributed by atoms with E-state index in [-0.39, 0.29) is 18.1 Å². The van der Waals surface area contributed by atoms with Crippen LogP contribution in [0, 0.1) is 0 Å². The van der Waals surface area contributed by atoms with E-state index in [1.165, 1.54) is 12.1 Å². The van der Waals surface area contributed by atoms with Crippen molar-refractivity contribution < 1.29 is 22.7 Å². The van der Waals surface area contributed by atoms with Crippen molar-refractivity contribution in [3.8, 4) is 5.69 Å². The van der Waals surface area contributed by atoms with Crippen molar-refractivity contribution in [2.75, 3.05) is 0 Å². The van der Waals surface area contributed by atoms with Gasteiger partial charge in [0.25, 0.3) is 0 Å². The second-order valence-corrected chi connectivity index (χ2v) is 5.96. The second-order valence-electron chi connectivity index (χ2n) is 5.96. The predicted molar refractivity (Wildman–Crippen MR) is 79.4 cm³/mol. The minimum Gasteiger partial charge on any atom is -0.444 e. The molecule has 9 heteroatoms. The Balaban J connectivity index is 2.28. The number of alkyl carbamates (subject to hydrolysis) is 1. The van der Waals surface area contributed by atoms with E-state index in [9.17, 15) is 18.0 Å². The molecule has 0 fully saturated rings. The molecule has 0 spiro atoms. The molecular weight excluding hydrogens is 325 g/mol. The molecule has 1 N–H and O–H groups in total. The van der Waals surface area contributed by atoms with Crippen molar-refractivity contribution in [3.05, 3.63) is 42.0 Å². The Morgan fingerprint density at radius 3 is 2.33 bits per heavy atom. The third kappa shape index (κ3) is 4.46. The van der Waals surface area contributed by atoms with Crippen molar-refractivity contribution in [1.82, 2.24) is 20.1 Å². The molecule has 130 valence electrons. The highest BCUT2D eigenvalue weighted by Crippen LogP contribution is 2.30. The van der Waals surface area contributed by atoms with Gasteiger partial charge in [0.2, 0.25) is 5.82 Å². The summed E-state index contributed by atoms with van der Waals surface area (Å²) in [5, 5.41) is 9.14. The van der Waals surface area contributed by atoms with Crippen LogP contribution in [0.25, 0.3) is 5.69 Å². The van der Waals surface area contributed by atoms with Crippen LogP contribution in [0.4, 0.5) is 18.0 Å². The summed E-state index contributed by atoms with van der Waals surface area (Å²) in [5.41, 5.74) is -0.468. The third-order valence-corrected chi connectivity index (χ3v) is 2.79. The molecule has 0 aliphatic heterocycles. The monoisotopic (exact) mass is 342 g/mol. The zero-order chi connectivity index (χ0) is 18.0. The number of ether oxygens (including phenoxy) is 1. The van der Waals surface area contributed by atoms with Gasteiger partial charge in [-0.2, -0.15) is 13.2 Å². The number of hydrogen-bond acceptors (Lipinski definition) is 4. The number of carbonyl (C=O) groups excluding carboxylic acids is 1. The highest BCUT2D eigenvalue weighted by Gasteiger charge is 2.39. The predicted octanol–water partition coefficient (Wildman–Crippen LogP) is 3.31. The Kier molecular flexibility index (Phi) is 4.81. The Bertz CT molecular complexity index is 706. The van der Waals surface area contributed by atoms with Crippen molar-refractivity contribution in [1.29, 1.82) is 0 Å². The van der Waals surface area contributed by atoms with Gasteiger partial charge in [0.15, 0.2) is 5.82 Å². The number of amides is 1. The molecule has 1 amide bonds. The van der Waals surface area contributed by atoms with Gasteiger partial charge in [-0.3, -0.25) is 4.57 Å². The smallest absolute Gasteiger partial charge is 0.444 e. The van der Waals surface area contributed by atoms with E-state index >= 15 is 0 Å². The van der Waals surface area contributed by atoms with Crippen LogP contribution in [-0.2, 0) is 17.5 Å². The van der Waals surface area contributed by atoms with E-state index in [1.54, 1.807) is 39.0 Å². The largest absolute Gasteiger partial charge is 0.452 e. The van der Waals surface area contributed by atoms with Crippen molar-refractivity contribution >= 4 is 6.09 Å². The van der Waals surface area contributed by atoms with E-state index in [1.807, 2.05) is 0 Å². The van der Waals surface area contributed by atoms with Gasteiger partial charge < -0.3 is 10.1 Å². The lowest BCUT2D eigenvalue weighted by atomic mass is 10.2. The molecule has 24 heavy (non-hydrogen) atoms. The first-order chi connectivity index (χ1) is 11.1. The highest BCUT2D eigenvalue weighted by atomic mass is 19.4. The molecule has 0 unspecified atom stereocenters. The molecular formula is C15H17F3N4O2. The average molecular weight is 342 g/mol. The third-order valence-electron chi connectivity index (χ3n) is 2.79. The molecule has 1 heterocycles. The number of aromatic nitrogens is 3. The van der Waals surface area contributed by atoms with E-state index in [0.29, 0.717) is 0 Å². The number of alkyl halides is 3. The zero-order valence-corrected chi connectivity index (χ0v) is 13.4. The lowest BCUT2D eigenvalue weighted by Gasteiger charge is -2.19. The summed E-state index contributed by atoms with van der Waals surface area (Å²) in [5.74, 6) is -1.21. The number of nitrogens with one attached hydrogen (secondary N) is 1. The van der Waals surface area contributed by atoms with Gasteiger partial charge in [0.05, 0.1) is 6.54 Å². The number of rotatable bonds is 3. The van der Waals surface area contributed by atoms with Gasteiger partial charge >= 0.3 is 12.3 Å². The fraction of sp³-hybridized carbons (Fsp3) is 0.400. The lowest BCUT2D eigenvalue weighted by Crippen LogP contribution is -2.32. The summed E-state index contributed by atoms with van der Waals surface area (Å²) in [6.45, 7) is 4.79. The average Bonchev–Trinajstić information content (AvgIpc) is 2.88. The van der Waals surface area contributed by atoms with Gasteiger partial charge in [-0.15, -0.1) is 10.2 Å². The Hall–Kier alpha value is -2.58. The van der Waals surface area contributed by atoms with Gasteiger partial charge in [-0.25, -0.2) is 4.79 Å².